The Morgan fingerprint density at radius 3 is 2.82 bits per heavy atom. The van der Waals surface area contributed by atoms with E-state index < -0.39 is 0 Å². The maximum absolute atomic E-state index is 5.31. The van der Waals surface area contributed by atoms with E-state index in [1.165, 1.54) is 12.8 Å². The predicted octanol–water partition coefficient (Wildman–Crippen LogP) is 1.62. The minimum absolute atomic E-state index is 0.136. The fraction of sp³-hybridized carbons (Fsp3) is 0.500. The molecule has 0 aromatic carbocycles. The number of pyridine rings is 1. The second-order valence-electron chi connectivity index (χ2n) is 4.24. The largest absolute Gasteiger partial charge is 0.348 e. The van der Waals surface area contributed by atoms with Gasteiger partial charge in [-0.25, -0.2) is 5.43 Å². The first kappa shape index (κ1) is 12.3. The quantitative estimate of drug-likeness (QED) is 0.630. The van der Waals surface area contributed by atoms with Crippen molar-refractivity contribution >= 4 is 17.3 Å². The third kappa shape index (κ3) is 3.38. The molecule has 1 aliphatic rings. The summed E-state index contributed by atoms with van der Waals surface area (Å²) in [5.74, 6) is 0. The van der Waals surface area contributed by atoms with Crippen molar-refractivity contribution in [3.63, 3.8) is 0 Å². The zero-order valence-electron chi connectivity index (χ0n) is 10.0. The van der Waals surface area contributed by atoms with E-state index in [2.05, 4.69) is 27.7 Å². The summed E-state index contributed by atoms with van der Waals surface area (Å²) >= 11 is 5.31. The highest BCUT2D eigenvalue weighted by Gasteiger charge is 2.15. The highest BCUT2D eigenvalue weighted by molar-refractivity contribution is 7.80. The Balaban J connectivity index is 1.80. The molecule has 5 heteroatoms. The van der Waals surface area contributed by atoms with Crippen LogP contribution in [0.25, 0.3) is 0 Å². The number of nitrogens with zero attached hydrogens (tertiary/aromatic N) is 2. The molecule has 1 aliphatic heterocycles. The van der Waals surface area contributed by atoms with E-state index in [1.54, 1.807) is 6.20 Å². The molecule has 1 aromatic rings. The van der Waals surface area contributed by atoms with Crippen LogP contribution in [0.2, 0.25) is 0 Å². The lowest BCUT2D eigenvalue weighted by atomic mass is 10.2. The summed E-state index contributed by atoms with van der Waals surface area (Å²) in [6.07, 6.45) is 4.27. The number of hydrogen-bond donors (Lipinski definition) is 2. The lowest BCUT2D eigenvalue weighted by molar-refractivity contribution is 0.460. The molecular formula is C12H18N4S. The van der Waals surface area contributed by atoms with E-state index >= 15 is 0 Å². The monoisotopic (exact) mass is 250 g/mol. The summed E-state index contributed by atoms with van der Waals surface area (Å²) < 4.78 is 0. The Morgan fingerprint density at radius 1 is 1.41 bits per heavy atom. The molecule has 1 saturated heterocycles. The van der Waals surface area contributed by atoms with Gasteiger partial charge >= 0.3 is 0 Å². The molecule has 0 spiro atoms. The van der Waals surface area contributed by atoms with Crippen molar-refractivity contribution in [2.75, 3.05) is 13.1 Å². The van der Waals surface area contributed by atoms with Crippen molar-refractivity contribution < 1.29 is 0 Å². The van der Waals surface area contributed by atoms with E-state index in [9.17, 15) is 0 Å². The topological polar surface area (TPSA) is 40.2 Å². The van der Waals surface area contributed by atoms with Crippen LogP contribution in [-0.4, -0.2) is 28.1 Å². The van der Waals surface area contributed by atoms with Gasteiger partial charge in [0.2, 0.25) is 0 Å². The lowest BCUT2D eigenvalue weighted by Gasteiger charge is -2.22. The van der Waals surface area contributed by atoms with E-state index in [4.69, 9.17) is 12.2 Å². The van der Waals surface area contributed by atoms with Gasteiger partial charge < -0.3 is 4.90 Å². The van der Waals surface area contributed by atoms with Crippen LogP contribution in [0.1, 0.15) is 31.5 Å². The van der Waals surface area contributed by atoms with Gasteiger partial charge in [0.05, 0.1) is 11.7 Å². The number of aromatic nitrogens is 1. The van der Waals surface area contributed by atoms with Crippen molar-refractivity contribution in [1.82, 2.24) is 20.7 Å². The minimum atomic E-state index is 0.136. The molecule has 0 radical (unpaired) electrons. The van der Waals surface area contributed by atoms with Crippen LogP contribution in [0.5, 0.6) is 0 Å². The maximum atomic E-state index is 5.31. The van der Waals surface area contributed by atoms with Crippen LogP contribution in [0.3, 0.4) is 0 Å². The fourth-order valence-electron chi connectivity index (χ4n) is 1.88. The van der Waals surface area contributed by atoms with Gasteiger partial charge in [0.25, 0.3) is 0 Å². The lowest BCUT2D eigenvalue weighted by Crippen LogP contribution is -2.46. The molecule has 0 amide bonds. The van der Waals surface area contributed by atoms with Crippen molar-refractivity contribution in [2.24, 2.45) is 0 Å². The van der Waals surface area contributed by atoms with Gasteiger partial charge in [-0.2, -0.15) is 0 Å². The average molecular weight is 250 g/mol. The second-order valence-corrected chi connectivity index (χ2v) is 4.63. The molecule has 1 atom stereocenters. The Labute approximate surface area is 107 Å². The Bertz CT molecular complexity index is 362. The molecule has 0 saturated carbocycles. The van der Waals surface area contributed by atoms with Crippen LogP contribution in [0.15, 0.2) is 24.4 Å². The molecule has 2 N–H and O–H groups in total. The Morgan fingerprint density at radius 2 is 2.18 bits per heavy atom. The average Bonchev–Trinajstić information content (AvgIpc) is 2.90. The number of thiocarbonyl (C=S) groups is 1. The first-order valence-corrected chi connectivity index (χ1v) is 6.39. The molecule has 2 heterocycles. The fourth-order valence-corrected chi connectivity index (χ4v) is 2.12. The summed E-state index contributed by atoms with van der Waals surface area (Å²) in [6, 6.07) is 6.03. The highest BCUT2D eigenvalue weighted by Crippen LogP contribution is 2.08. The van der Waals surface area contributed by atoms with Crippen LogP contribution < -0.4 is 10.9 Å². The van der Waals surface area contributed by atoms with Gasteiger partial charge in [0, 0.05) is 19.3 Å². The van der Waals surface area contributed by atoms with Gasteiger partial charge in [0.1, 0.15) is 0 Å². The van der Waals surface area contributed by atoms with Gasteiger partial charge in [-0.15, -0.1) is 0 Å². The third-order valence-electron chi connectivity index (χ3n) is 2.92. The van der Waals surface area contributed by atoms with Gasteiger partial charge in [0.15, 0.2) is 5.11 Å². The van der Waals surface area contributed by atoms with Crippen LogP contribution >= 0.6 is 12.2 Å². The first-order valence-electron chi connectivity index (χ1n) is 5.99. The smallest absolute Gasteiger partial charge is 0.183 e. The number of rotatable bonds is 3. The molecule has 1 fully saturated rings. The Kier molecular flexibility index (Phi) is 4.28. The first-order chi connectivity index (χ1) is 8.27. The number of hydrogen-bond acceptors (Lipinski definition) is 3. The number of likely N-dealkylation sites (tertiary alicyclic amines) is 1. The van der Waals surface area contributed by atoms with E-state index in [1.807, 2.05) is 18.2 Å². The summed E-state index contributed by atoms with van der Waals surface area (Å²) in [7, 11) is 0. The second kappa shape index (κ2) is 5.93. The standard InChI is InChI=1S/C12H18N4S/c1-10(11-6-2-3-7-13-11)14-15-12(17)16-8-4-5-9-16/h2-3,6-7,10,14H,4-5,8-9H2,1H3,(H,15,17)/t10-/m1/s1. The summed E-state index contributed by atoms with van der Waals surface area (Å²) in [6.45, 7) is 4.18. The van der Waals surface area contributed by atoms with Gasteiger partial charge in [-0.05, 0) is 44.1 Å². The van der Waals surface area contributed by atoms with Crippen LogP contribution in [0, 0.1) is 0 Å². The molecule has 0 unspecified atom stereocenters. The summed E-state index contributed by atoms with van der Waals surface area (Å²) in [5.41, 5.74) is 7.27. The minimum Gasteiger partial charge on any atom is -0.348 e. The van der Waals surface area contributed by atoms with E-state index in [0.717, 1.165) is 23.9 Å². The molecule has 92 valence electrons. The van der Waals surface area contributed by atoms with Crippen LogP contribution in [0.4, 0.5) is 0 Å². The van der Waals surface area contributed by atoms with Crippen LogP contribution in [-0.2, 0) is 0 Å². The number of hydrazine groups is 1. The normalized spacial score (nSPS) is 16.9. The molecular weight excluding hydrogens is 232 g/mol. The molecule has 0 aliphatic carbocycles. The summed E-state index contributed by atoms with van der Waals surface area (Å²) in [4.78, 5) is 6.48. The molecule has 2 rings (SSSR count). The van der Waals surface area contributed by atoms with Crippen molar-refractivity contribution in [1.29, 1.82) is 0 Å². The van der Waals surface area contributed by atoms with Gasteiger partial charge in [-0.3, -0.25) is 10.4 Å². The molecule has 0 bridgehead atoms. The zero-order chi connectivity index (χ0) is 12.1. The van der Waals surface area contributed by atoms with Gasteiger partial charge in [-0.1, -0.05) is 6.07 Å². The molecule has 4 nitrogen and oxygen atoms in total. The summed E-state index contributed by atoms with van der Waals surface area (Å²) in [5, 5.41) is 0.783. The number of nitrogens with one attached hydrogen (secondary N) is 2. The van der Waals surface area contributed by atoms with Crippen molar-refractivity contribution in [3.05, 3.63) is 30.1 Å². The zero-order valence-corrected chi connectivity index (χ0v) is 10.8. The predicted molar refractivity (Wildman–Crippen MR) is 72.3 cm³/mol. The van der Waals surface area contributed by atoms with E-state index in [0.29, 0.717) is 0 Å². The molecule has 1 aromatic heterocycles. The maximum Gasteiger partial charge on any atom is 0.183 e. The van der Waals surface area contributed by atoms with E-state index in [-0.39, 0.29) is 6.04 Å². The SMILES string of the molecule is C[C@@H](NNC(=S)N1CCCC1)c1ccccn1. The highest BCUT2D eigenvalue weighted by atomic mass is 32.1. The third-order valence-corrected chi connectivity index (χ3v) is 3.28. The molecule has 17 heavy (non-hydrogen) atoms. The Hall–Kier alpha value is -1.20. The van der Waals surface area contributed by atoms with Crippen molar-refractivity contribution in [2.45, 2.75) is 25.8 Å². The van der Waals surface area contributed by atoms with Crippen molar-refractivity contribution in [3.8, 4) is 0 Å².